The van der Waals surface area contributed by atoms with Crippen molar-refractivity contribution in [3.05, 3.63) is 50.0 Å². The Morgan fingerprint density at radius 2 is 2.19 bits per heavy atom. The fourth-order valence-electron chi connectivity index (χ4n) is 1.78. The molecule has 0 fully saturated rings. The Morgan fingerprint density at radius 3 is 2.86 bits per heavy atom. The van der Waals surface area contributed by atoms with Crippen molar-refractivity contribution < 1.29 is 0 Å². The van der Waals surface area contributed by atoms with E-state index in [1.165, 1.54) is 7.76 Å². The third-order valence-corrected chi connectivity index (χ3v) is 4.72. The predicted molar refractivity (Wildman–Crippen MR) is 97.8 cm³/mol. The molecule has 2 aromatic rings. The molecule has 0 aliphatic heterocycles. The average Bonchev–Trinajstić information content (AvgIpc) is 2.91. The van der Waals surface area contributed by atoms with E-state index < -0.39 is 0 Å². The van der Waals surface area contributed by atoms with E-state index in [2.05, 4.69) is 62.3 Å². The molecule has 112 valence electrons. The van der Waals surface area contributed by atoms with Crippen LogP contribution in [-0.2, 0) is 13.0 Å². The first-order chi connectivity index (χ1) is 10.3. The number of hydrogen-bond acceptors (Lipinski definition) is 3. The van der Waals surface area contributed by atoms with E-state index in [1.807, 2.05) is 29.5 Å². The molecule has 0 saturated heterocycles. The zero-order chi connectivity index (χ0) is 14.9. The van der Waals surface area contributed by atoms with Gasteiger partial charge in [0, 0.05) is 24.2 Å². The highest BCUT2D eigenvalue weighted by molar-refractivity contribution is 14.1. The Morgan fingerprint density at radius 1 is 1.29 bits per heavy atom. The van der Waals surface area contributed by atoms with Crippen molar-refractivity contribution in [1.29, 1.82) is 0 Å². The highest BCUT2D eigenvalue weighted by Gasteiger charge is 2.00. The molecule has 21 heavy (non-hydrogen) atoms. The topological polar surface area (TPSA) is 49.3 Å². The molecular formula is C15H19IN4S. The number of rotatable bonds is 6. The molecule has 2 rings (SSSR count). The first kappa shape index (κ1) is 16.2. The third-order valence-electron chi connectivity index (χ3n) is 2.76. The maximum absolute atomic E-state index is 4.55. The SMILES string of the molecule is CCNC(=NCc1ccccn1)NCCc1ccc(I)s1. The number of aliphatic imine (C=N–C) groups is 1. The van der Waals surface area contributed by atoms with Gasteiger partial charge in [-0.15, -0.1) is 11.3 Å². The average molecular weight is 414 g/mol. The van der Waals surface area contributed by atoms with Gasteiger partial charge in [-0.25, -0.2) is 4.99 Å². The second kappa shape index (κ2) is 8.99. The summed E-state index contributed by atoms with van der Waals surface area (Å²) in [6.07, 6.45) is 2.81. The van der Waals surface area contributed by atoms with Crippen molar-refractivity contribution in [3.63, 3.8) is 0 Å². The molecule has 0 atom stereocenters. The number of nitrogens with zero attached hydrogens (tertiary/aromatic N) is 2. The van der Waals surface area contributed by atoms with Crippen LogP contribution >= 0.6 is 33.9 Å². The number of thiophene rings is 1. The van der Waals surface area contributed by atoms with Crippen LogP contribution in [0, 0.1) is 2.88 Å². The lowest BCUT2D eigenvalue weighted by Gasteiger charge is -2.10. The summed E-state index contributed by atoms with van der Waals surface area (Å²) >= 11 is 4.19. The van der Waals surface area contributed by atoms with Gasteiger partial charge in [0.15, 0.2) is 5.96 Å². The van der Waals surface area contributed by atoms with Crippen LogP contribution in [0.2, 0.25) is 0 Å². The van der Waals surface area contributed by atoms with E-state index in [0.717, 1.165) is 31.2 Å². The minimum Gasteiger partial charge on any atom is -0.357 e. The molecule has 2 aromatic heterocycles. The minimum atomic E-state index is 0.590. The van der Waals surface area contributed by atoms with Crippen LogP contribution in [0.5, 0.6) is 0 Å². The van der Waals surface area contributed by atoms with Crippen LogP contribution in [0.4, 0.5) is 0 Å². The molecule has 0 spiro atoms. The van der Waals surface area contributed by atoms with Crippen LogP contribution in [0.1, 0.15) is 17.5 Å². The van der Waals surface area contributed by atoms with Crippen LogP contribution in [0.25, 0.3) is 0 Å². The number of guanidine groups is 1. The summed E-state index contributed by atoms with van der Waals surface area (Å²) in [4.78, 5) is 10.2. The minimum absolute atomic E-state index is 0.590. The van der Waals surface area contributed by atoms with Gasteiger partial charge in [-0.1, -0.05) is 6.07 Å². The van der Waals surface area contributed by atoms with Crippen molar-refractivity contribution >= 4 is 39.9 Å². The molecular weight excluding hydrogens is 395 g/mol. The number of pyridine rings is 1. The van der Waals surface area contributed by atoms with Gasteiger partial charge < -0.3 is 10.6 Å². The Labute approximate surface area is 143 Å². The molecule has 0 bridgehead atoms. The number of nitrogens with one attached hydrogen (secondary N) is 2. The van der Waals surface area contributed by atoms with Gasteiger partial charge in [0.25, 0.3) is 0 Å². The summed E-state index contributed by atoms with van der Waals surface area (Å²) in [6.45, 7) is 4.39. The standard InChI is InChI=1S/C15H19IN4S/c1-2-17-15(20-11-12-5-3-4-9-18-12)19-10-8-13-6-7-14(16)21-13/h3-7,9H,2,8,10-11H2,1H3,(H2,17,19,20). The molecule has 0 saturated carbocycles. The first-order valence-corrected chi connectivity index (χ1v) is 8.83. The Balaban J connectivity index is 1.83. The number of halogens is 1. The van der Waals surface area contributed by atoms with Crippen molar-refractivity contribution in [2.24, 2.45) is 4.99 Å². The van der Waals surface area contributed by atoms with Crippen molar-refractivity contribution in [2.45, 2.75) is 19.9 Å². The van der Waals surface area contributed by atoms with Gasteiger partial charge in [0.1, 0.15) is 0 Å². The molecule has 0 aliphatic rings. The fraction of sp³-hybridized carbons (Fsp3) is 0.333. The van der Waals surface area contributed by atoms with E-state index in [0.29, 0.717) is 6.54 Å². The summed E-state index contributed by atoms with van der Waals surface area (Å²) in [5.41, 5.74) is 0.975. The van der Waals surface area contributed by atoms with Gasteiger partial charge in [0.2, 0.25) is 0 Å². The zero-order valence-electron chi connectivity index (χ0n) is 12.0. The van der Waals surface area contributed by atoms with Gasteiger partial charge in [-0.05, 0) is 60.2 Å². The first-order valence-electron chi connectivity index (χ1n) is 6.94. The lowest BCUT2D eigenvalue weighted by molar-refractivity contribution is 0.801. The van der Waals surface area contributed by atoms with Crippen LogP contribution in [0.3, 0.4) is 0 Å². The van der Waals surface area contributed by atoms with E-state index >= 15 is 0 Å². The van der Waals surface area contributed by atoms with Gasteiger partial charge in [-0.2, -0.15) is 0 Å². The van der Waals surface area contributed by atoms with Crippen LogP contribution < -0.4 is 10.6 Å². The molecule has 0 aromatic carbocycles. The summed E-state index contributed by atoms with van der Waals surface area (Å²) in [6, 6.07) is 10.2. The van der Waals surface area contributed by atoms with Crippen LogP contribution in [-0.4, -0.2) is 24.0 Å². The van der Waals surface area contributed by atoms with E-state index in [9.17, 15) is 0 Å². The largest absolute Gasteiger partial charge is 0.357 e. The monoisotopic (exact) mass is 414 g/mol. The molecule has 0 unspecified atom stereocenters. The Bertz CT molecular complexity index is 568. The highest BCUT2D eigenvalue weighted by Crippen LogP contribution is 2.18. The van der Waals surface area contributed by atoms with Crippen LogP contribution in [0.15, 0.2) is 41.5 Å². The van der Waals surface area contributed by atoms with E-state index in [-0.39, 0.29) is 0 Å². The van der Waals surface area contributed by atoms with Gasteiger partial charge in [-0.3, -0.25) is 4.98 Å². The Hall–Kier alpha value is -1.15. The van der Waals surface area contributed by atoms with Crippen molar-refractivity contribution in [1.82, 2.24) is 15.6 Å². The normalized spacial score (nSPS) is 11.4. The lowest BCUT2D eigenvalue weighted by atomic mass is 10.3. The zero-order valence-corrected chi connectivity index (χ0v) is 14.9. The predicted octanol–water partition coefficient (Wildman–Crippen LogP) is 3.05. The highest BCUT2D eigenvalue weighted by atomic mass is 127. The maximum atomic E-state index is 4.55. The molecule has 0 radical (unpaired) electrons. The molecule has 2 N–H and O–H groups in total. The molecule has 0 amide bonds. The van der Waals surface area contributed by atoms with Gasteiger partial charge >= 0.3 is 0 Å². The number of hydrogen-bond donors (Lipinski definition) is 2. The van der Waals surface area contributed by atoms with E-state index in [4.69, 9.17) is 0 Å². The fourth-order valence-corrected chi connectivity index (χ4v) is 3.54. The van der Waals surface area contributed by atoms with E-state index in [1.54, 1.807) is 6.20 Å². The van der Waals surface area contributed by atoms with Gasteiger partial charge in [0.05, 0.1) is 15.1 Å². The quantitative estimate of drug-likeness (QED) is 0.434. The van der Waals surface area contributed by atoms with Crippen molar-refractivity contribution in [3.8, 4) is 0 Å². The third kappa shape index (κ3) is 6.01. The Kier molecular flexibility index (Phi) is 6.94. The number of aromatic nitrogens is 1. The summed E-state index contributed by atoms with van der Waals surface area (Å²) in [7, 11) is 0. The van der Waals surface area contributed by atoms with Crippen molar-refractivity contribution in [2.75, 3.05) is 13.1 Å². The second-order valence-corrected chi connectivity index (χ2v) is 7.46. The summed E-state index contributed by atoms with van der Waals surface area (Å²) in [5.74, 6) is 0.842. The second-order valence-electron chi connectivity index (χ2n) is 4.40. The summed E-state index contributed by atoms with van der Waals surface area (Å²) < 4.78 is 1.33. The molecule has 0 aliphatic carbocycles. The molecule has 2 heterocycles. The molecule has 4 nitrogen and oxygen atoms in total. The summed E-state index contributed by atoms with van der Waals surface area (Å²) in [5, 5.41) is 6.62. The maximum Gasteiger partial charge on any atom is 0.191 e. The smallest absolute Gasteiger partial charge is 0.191 e. The molecule has 6 heteroatoms. The lowest BCUT2D eigenvalue weighted by Crippen LogP contribution is -2.38.